The molecule has 0 spiro atoms. The van der Waals surface area contributed by atoms with Crippen LogP contribution in [0.1, 0.15) is 11.3 Å². The summed E-state index contributed by atoms with van der Waals surface area (Å²) in [5, 5.41) is 0.923. The zero-order valence-electron chi connectivity index (χ0n) is 16.3. The van der Waals surface area contributed by atoms with E-state index in [-0.39, 0.29) is 0 Å². The molecule has 7 heteroatoms. The van der Waals surface area contributed by atoms with E-state index >= 15 is 0 Å². The highest BCUT2D eigenvalue weighted by molar-refractivity contribution is 5.96. The number of nitrogen functional groups attached to an aromatic ring is 1. The lowest BCUT2D eigenvalue weighted by Crippen LogP contribution is -2.36. The molecule has 1 aliphatic heterocycles. The number of anilines is 2. The van der Waals surface area contributed by atoms with Crippen LogP contribution < -0.4 is 15.4 Å². The van der Waals surface area contributed by atoms with Gasteiger partial charge in [-0.25, -0.2) is 9.97 Å². The average Bonchev–Trinajstić information content (AvgIpc) is 3.19. The van der Waals surface area contributed by atoms with Crippen molar-refractivity contribution in [1.82, 2.24) is 14.4 Å². The Kier molecular flexibility index (Phi) is 4.44. The van der Waals surface area contributed by atoms with Gasteiger partial charge in [-0.05, 0) is 29.8 Å². The third-order valence-electron chi connectivity index (χ3n) is 5.36. The summed E-state index contributed by atoms with van der Waals surface area (Å²) in [5.74, 6) is 1.09. The van der Waals surface area contributed by atoms with Gasteiger partial charge in [0.2, 0.25) is 5.95 Å². The van der Waals surface area contributed by atoms with Crippen molar-refractivity contribution in [2.75, 3.05) is 44.0 Å². The number of para-hydroxylation sites is 1. The largest absolute Gasteiger partial charge is 0.494 e. The minimum atomic E-state index is 0.401. The minimum Gasteiger partial charge on any atom is -0.494 e. The van der Waals surface area contributed by atoms with E-state index in [1.54, 1.807) is 7.11 Å². The predicted octanol–water partition coefficient (Wildman–Crippen LogP) is 2.90. The van der Waals surface area contributed by atoms with E-state index in [1.165, 1.54) is 11.3 Å². The normalized spacial score (nSPS) is 14.6. The van der Waals surface area contributed by atoms with Crippen molar-refractivity contribution >= 4 is 28.2 Å². The molecule has 148 valence electrons. The molecule has 2 aromatic carbocycles. The van der Waals surface area contributed by atoms with Crippen molar-refractivity contribution in [3.05, 3.63) is 59.9 Å². The molecule has 0 amide bonds. The number of hydrogen-bond acceptors (Lipinski definition) is 6. The first-order valence-electron chi connectivity index (χ1n) is 9.75. The Balaban J connectivity index is 1.51. The van der Waals surface area contributed by atoms with E-state index in [9.17, 15) is 0 Å². The number of methoxy groups -OCH3 is 1. The highest BCUT2D eigenvalue weighted by Crippen LogP contribution is 2.28. The summed E-state index contributed by atoms with van der Waals surface area (Å²) in [4.78, 5) is 11.8. The molecule has 0 aliphatic carbocycles. The van der Waals surface area contributed by atoms with Gasteiger partial charge in [0.25, 0.3) is 0 Å². The van der Waals surface area contributed by atoms with Crippen LogP contribution in [0.4, 0.5) is 11.6 Å². The molecule has 7 nitrogen and oxygen atoms in total. The Hall–Kier alpha value is -3.32. The summed E-state index contributed by atoms with van der Waals surface area (Å²) < 4.78 is 12.7. The fourth-order valence-electron chi connectivity index (χ4n) is 3.92. The van der Waals surface area contributed by atoms with Gasteiger partial charge >= 0.3 is 0 Å². The summed E-state index contributed by atoms with van der Waals surface area (Å²) in [6.45, 7) is 3.40. The Morgan fingerprint density at radius 3 is 2.76 bits per heavy atom. The predicted molar refractivity (Wildman–Crippen MR) is 114 cm³/mol. The number of aromatic nitrogens is 3. The number of nitrogens with two attached hydrogens (primary N) is 1. The van der Waals surface area contributed by atoms with Gasteiger partial charge in [-0.15, -0.1) is 0 Å². The molecule has 0 unspecified atom stereocenters. The molecule has 0 atom stereocenters. The van der Waals surface area contributed by atoms with Crippen molar-refractivity contribution in [2.24, 2.45) is 0 Å². The molecular formula is C22H23N5O2. The summed E-state index contributed by atoms with van der Waals surface area (Å²) in [6, 6.07) is 14.4. The topological polar surface area (TPSA) is 77.9 Å². The zero-order valence-corrected chi connectivity index (χ0v) is 16.3. The van der Waals surface area contributed by atoms with Gasteiger partial charge in [-0.3, -0.25) is 4.40 Å². The Morgan fingerprint density at radius 1 is 1.10 bits per heavy atom. The van der Waals surface area contributed by atoms with E-state index in [2.05, 4.69) is 34.1 Å². The second kappa shape index (κ2) is 7.25. The monoisotopic (exact) mass is 389 g/mol. The van der Waals surface area contributed by atoms with Crippen LogP contribution in [0, 0.1) is 0 Å². The van der Waals surface area contributed by atoms with Gasteiger partial charge in [0.15, 0.2) is 0 Å². The van der Waals surface area contributed by atoms with Crippen LogP contribution >= 0.6 is 0 Å². The molecule has 0 radical (unpaired) electrons. The van der Waals surface area contributed by atoms with Crippen LogP contribution in [0.2, 0.25) is 0 Å². The molecule has 0 bridgehead atoms. The van der Waals surface area contributed by atoms with Gasteiger partial charge in [0.05, 0.1) is 26.0 Å². The number of rotatable bonds is 4. The van der Waals surface area contributed by atoms with Gasteiger partial charge in [0, 0.05) is 36.8 Å². The zero-order chi connectivity index (χ0) is 19.8. The van der Waals surface area contributed by atoms with Crippen molar-refractivity contribution in [3.8, 4) is 5.75 Å². The van der Waals surface area contributed by atoms with Crippen molar-refractivity contribution in [1.29, 1.82) is 0 Å². The molecule has 0 saturated carbocycles. The molecular weight excluding hydrogens is 366 g/mol. The molecule has 29 heavy (non-hydrogen) atoms. The second-order valence-electron chi connectivity index (χ2n) is 7.20. The number of ether oxygens (including phenoxy) is 2. The van der Waals surface area contributed by atoms with Gasteiger partial charge in [-0.1, -0.05) is 18.2 Å². The maximum absolute atomic E-state index is 6.21. The summed E-state index contributed by atoms with van der Waals surface area (Å²) >= 11 is 0. The first-order valence-corrected chi connectivity index (χ1v) is 9.75. The number of benzene rings is 2. The Bertz CT molecular complexity index is 1180. The lowest BCUT2D eigenvalue weighted by Gasteiger charge is -2.29. The number of hydrogen-bond donors (Lipinski definition) is 1. The summed E-state index contributed by atoms with van der Waals surface area (Å²) in [7, 11) is 1.63. The molecule has 3 heterocycles. The second-order valence-corrected chi connectivity index (χ2v) is 7.20. The first-order chi connectivity index (χ1) is 14.2. The van der Waals surface area contributed by atoms with Crippen LogP contribution in [0.3, 0.4) is 0 Å². The molecule has 1 fully saturated rings. The molecule has 1 saturated heterocycles. The third-order valence-corrected chi connectivity index (χ3v) is 5.36. The van der Waals surface area contributed by atoms with Crippen LogP contribution in [-0.2, 0) is 11.2 Å². The molecule has 2 aromatic heterocycles. The van der Waals surface area contributed by atoms with Gasteiger partial charge in [0.1, 0.15) is 16.9 Å². The highest BCUT2D eigenvalue weighted by Gasteiger charge is 2.15. The van der Waals surface area contributed by atoms with E-state index in [1.807, 2.05) is 28.8 Å². The number of nitrogens with zero attached hydrogens (tertiary/aromatic N) is 4. The quantitative estimate of drug-likeness (QED) is 0.578. The van der Waals surface area contributed by atoms with Gasteiger partial charge < -0.3 is 20.1 Å². The minimum absolute atomic E-state index is 0.401. The van der Waals surface area contributed by atoms with Crippen molar-refractivity contribution in [2.45, 2.75) is 6.42 Å². The molecule has 4 aromatic rings. The van der Waals surface area contributed by atoms with Crippen molar-refractivity contribution in [3.63, 3.8) is 0 Å². The highest BCUT2D eigenvalue weighted by atomic mass is 16.5. The van der Waals surface area contributed by atoms with Crippen LogP contribution in [0.25, 0.3) is 16.6 Å². The van der Waals surface area contributed by atoms with E-state index < -0.39 is 0 Å². The van der Waals surface area contributed by atoms with E-state index in [0.717, 1.165) is 55.0 Å². The lowest BCUT2D eigenvalue weighted by atomic mass is 10.1. The molecule has 5 rings (SSSR count). The smallest absolute Gasteiger partial charge is 0.206 e. The van der Waals surface area contributed by atoms with Crippen LogP contribution in [-0.4, -0.2) is 47.8 Å². The van der Waals surface area contributed by atoms with Crippen LogP contribution in [0.5, 0.6) is 5.75 Å². The molecule has 2 N–H and O–H groups in total. The Morgan fingerprint density at radius 2 is 1.93 bits per heavy atom. The average molecular weight is 389 g/mol. The summed E-state index contributed by atoms with van der Waals surface area (Å²) in [6.07, 6.45) is 2.70. The Labute approximate surface area is 168 Å². The SMILES string of the molecule is COc1cccc2c1nc(N)n1cc(Cc3cccc(N4CCOCC4)c3)nc21. The maximum atomic E-state index is 6.21. The number of imidazole rings is 1. The van der Waals surface area contributed by atoms with Crippen LogP contribution in [0.15, 0.2) is 48.7 Å². The first kappa shape index (κ1) is 17.8. The van der Waals surface area contributed by atoms with E-state index in [0.29, 0.717) is 11.7 Å². The fraction of sp³-hybridized carbons (Fsp3) is 0.273. The molecule has 1 aliphatic rings. The third kappa shape index (κ3) is 3.23. The number of morpholine rings is 1. The maximum Gasteiger partial charge on any atom is 0.206 e. The van der Waals surface area contributed by atoms with Gasteiger partial charge in [-0.2, -0.15) is 0 Å². The van der Waals surface area contributed by atoms with Crippen molar-refractivity contribution < 1.29 is 9.47 Å². The summed E-state index contributed by atoms with van der Waals surface area (Å²) in [5.41, 5.74) is 11.1. The fourth-order valence-corrected chi connectivity index (χ4v) is 3.92. The number of fused-ring (bicyclic) bond motifs is 3. The lowest BCUT2D eigenvalue weighted by molar-refractivity contribution is 0.122. The standard InChI is InChI=1S/C22H23N5O2/c1-28-19-7-3-6-18-20(19)25-22(23)27-14-16(24-21(18)27)12-15-4-2-5-17(13-15)26-8-10-29-11-9-26/h2-7,13-14H,8-12H2,1H3,(H2,23,25). The van der Waals surface area contributed by atoms with E-state index in [4.69, 9.17) is 20.2 Å².